The molecule has 0 radical (unpaired) electrons. The Bertz CT molecular complexity index is 1260. The minimum absolute atomic E-state index is 0.194. The summed E-state index contributed by atoms with van der Waals surface area (Å²) in [5.74, 6) is -0.678. The van der Waals surface area contributed by atoms with Crippen molar-refractivity contribution in [3.05, 3.63) is 64.0 Å². The van der Waals surface area contributed by atoms with Crippen LogP contribution in [0.4, 0.5) is 0 Å². The average Bonchev–Trinajstić information content (AvgIpc) is 3.32. The van der Waals surface area contributed by atoms with Gasteiger partial charge in [-0.1, -0.05) is 45.9 Å². The van der Waals surface area contributed by atoms with E-state index in [1.54, 1.807) is 17.4 Å². The average molecular weight is 526 g/mol. The molecule has 0 saturated carbocycles. The van der Waals surface area contributed by atoms with Crippen LogP contribution in [0, 0.1) is 6.92 Å². The molecule has 0 aliphatic carbocycles. The van der Waals surface area contributed by atoms with Gasteiger partial charge < -0.3 is 20.3 Å². The van der Waals surface area contributed by atoms with E-state index in [0.717, 1.165) is 34.2 Å². The Kier molecular flexibility index (Phi) is 9.03. The fraction of sp³-hybridized carbons (Fsp3) is 0.467. The molecule has 1 amide bonds. The topological polar surface area (TPSA) is 95.9 Å². The molecule has 0 aliphatic rings. The zero-order valence-corrected chi connectivity index (χ0v) is 23.5. The highest BCUT2D eigenvalue weighted by molar-refractivity contribution is 7.19. The molecule has 0 fully saturated rings. The number of ether oxygens (including phenoxy) is 1. The fourth-order valence-electron chi connectivity index (χ4n) is 4.67. The number of carboxylic acids is 1. The lowest BCUT2D eigenvalue weighted by Crippen LogP contribution is -2.38. The first-order valence-corrected chi connectivity index (χ1v) is 13.9. The molecule has 3 N–H and O–H groups in total. The van der Waals surface area contributed by atoms with Gasteiger partial charge in [0.05, 0.1) is 5.60 Å². The Balaban J connectivity index is 1.93. The first-order valence-electron chi connectivity index (χ1n) is 13.1. The van der Waals surface area contributed by atoms with Gasteiger partial charge in [-0.05, 0) is 80.3 Å². The minimum Gasteiger partial charge on any atom is -0.490 e. The van der Waals surface area contributed by atoms with E-state index in [1.165, 1.54) is 17.4 Å². The molecule has 6 nitrogen and oxygen atoms in total. The van der Waals surface area contributed by atoms with Crippen molar-refractivity contribution in [3.63, 3.8) is 0 Å². The number of carbonyl (C=O) groups excluding carboxylic acids is 1. The van der Waals surface area contributed by atoms with E-state index in [2.05, 4.69) is 37.4 Å². The van der Waals surface area contributed by atoms with Crippen LogP contribution in [0.3, 0.4) is 0 Å². The highest BCUT2D eigenvalue weighted by Gasteiger charge is 2.33. The number of aliphatic hydroxyl groups is 1. The van der Waals surface area contributed by atoms with E-state index < -0.39 is 23.5 Å². The number of hydrogen-bond acceptors (Lipinski definition) is 5. The Labute approximate surface area is 223 Å². The van der Waals surface area contributed by atoms with Crippen LogP contribution in [0.5, 0.6) is 5.75 Å². The van der Waals surface area contributed by atoms with Crippen molar-refractivity contribution >= 4 is 33.3 Å². The number of fused-ring (bicyclic) bond motifs is 1. The van der Waals surface area contributed by atoms with Gasteiger partial charge in [-0.15, -0.1) is 11.3 Å². The number of carbonyl (C=O) groups is 2. The van der Waals surface area contributed by atoms with E-state index >= 15 is 0 Å². The highest BCUT2D eigenvalue weighted by Crippen LogP contribution is 2.45. The number of hydrogen-bond donors (Lipinski definition) is 3. The lowest BCUT2D eigenvalue weighted by atomic mass is 9.74. The number of rotatable bonds is 12. The molecular formula is C30H39NO5S. The molecule has 7 heteroatoms. The summed E-state index contributed by atoms with van der Waals surface area (Å²) in [5.41, 5.74) is 1.68. The van der Waals surface area contributed by atoms with Gasteiger partial charge >= 0.3 is 5.97 Å². The SMILES string of the molecule is CCC(O)(CC)COc1ccc(C(CC)(CC)c2cc3ccc(C(=O)N[C@H](C)C(=O)O)cc3s2)cc1C. The van der Waals surface area contributed by atoms with Crippen LogP contribution < -0.4 is 10.1 Å². The quantitative estimate of drug-likeness (QED) is 0.253. The van der Waals surface area contributed by atoms with Gasteiger partial charge in [-0.2, -0.15) is 0 Å². The molecule has 0 unspecified atom stereocenters. The van der Waals surface area contributed by atoms with Gasteiger partial charge in [-0.3, -0.25) is 9.59 Å². The van der Waals surface area contributed by atoms with Crippen LogP contribution in [0.25, 0.3) is 10.1 Å². The lowest BCUT2D eigenvalue weighted by Gasteiger charge is -2.32. The largest absolute Gasteiger partial charge is 0.490 e. The Hall–Kier alpha value is -2.90. The summed E-state index contributed by atoms with van der Waals surface area (Å²) in [6, 6.07) is 13.1. The monoisotopic (exact) mass is 525 g/mol. The summed E-state index contributed by atoms with van der Waals surface area (Å²) in [6.45, 7) is 12.1. The van der Waals surface area contributed by atoms with E-state index in [1.807, 2.05) is 39.0 Å². The van der Waals surface area contributed by atoms with Crippen molar-refractivity contribution in [1.29, 1.82) is 0 Å². The Morgan fingerprint density at radius 3 is 2.24 bits per heavy atom. The van der Waals surface area contributed by atoms with Crippen LogP contribution in [-0.2, 0) is 10.2 Å². The van der Waals surface area contributed by atoms with Gasteiger partial charge in [0, 0.05) is 20.6 Å². The van der Waals surface area contributed by atoms with Crippen LogP contribution in [0.1, 0.15) is 86.7 Å². The molecule has 37 heavy (non-hydrogen) atoms. The molecule has 0 bridgehead atoms. The van der Waals surface area contributed by atoms with Crippen LogP contribution in [-0.4, -0.2) is 40.3 Å². The maximum absolute atomic E-state index is 12.6. The first-order chi connectivity index (χ1) is 17.5. The van der Waals surface area contributed by atoms with Crippen molar-refractivity contribution in [2.24, 2.45) is 0 Å². The normalized spacial score (nSPS) is 12.9. The molecule has 1 atom stereocenters. The molecule has 200 valence electrons. The predicted octanol–water partition coefficient (Wildman–Crippen LogP) is 6.45. The highest BCUT2D eigenvalue weighted by atomic mass is 32.1. The summed E-state index contributed by atoms with van der Waals surface area (Å²) in [5, 5.41) is 23.3. The number of thiophene rings is 1. The Morgan fingerprint density at radius 1 is 1.00 bits per heavy atom. The van der Waals surface area contributed by atoms with Crippen molar-refractivity contribution in [2.45, 2.75) is 84.3 Å². The number of carboxylic acid groups (broad SMARTS) is 1. The first kappa shape index (κ1) is 28.7. The molecule has 1 heterocycles. The zero-order chi connectivity index (χ0) is 27.4. The number of amides is 1. The summed E-state index contributed by atoms with van der Waals surface area (Å²) in [7, 11) is 0. The van der Waals surface area contributed by atoms with Crippen molar-refractivity contribution in [1.82, 2.24) is 5.32 Å². The predicted molar refractivity (Wildman–Crippen MR) is 150 cm³/mol. The molecule has 0 spiro atoms. The Morgan fingerprint density at radius 2 is 1.68 bits per heavy atom. The van der Waals surface area contributed by atoms with Gasteiger partial charge in [0.2, 0.25) is 0 Å². The third kappa shape index (κ3) is 5.99. The number of aryl methyl sites for hydroxylation is 1. The summed E-state index contributed by atoms with van der Waals surface area (Å²) in [4.78, 5) is 24.9. The second-order valence-corrected chi connectivity index (χ2v) is 11.0. The summed E-state index contributed by atoms with van der Waals surface area (Å²) < 4.78 is 7.02. The molecular weight excluding hydrogens is 486 g/mol. The number of nitrogens with one attached hydrogen (secondary N) is 1. The van der Waals surface area contributed by atoms with Gasteiger partial charge in [0.1, 0.15) is 18.4 Å². The minimum atomic E-state index is -1.07. The summed E-state index contributed by atoms with van der Waals surface area (Å²) in [6.07, 6.45) is 3.10. The molecule has 0 saturated heterocycles. The number of benzene rings is 2. The number of aliphatic carboxylic acids is 1. The van der Waals surface area contributed by atoms with Crippen molar-refractivity contribution in [2.75, 3.05) is 6.61 Å². The third-order valence-corrected chi connectivity index (χ3v) is 9.02. The zero-order valence-electron chi connectivity index (χ0n) is 22.7. The third-order valence-electron chi connectivity index (χ3n) is 7.72. The van der Waals surface area contributed by atoms with Crippen molar-refractivity contribution < 1.29 is 24.5 Å². The molecule has 2 aromatic carbocycles. The van der Waals surface area contributed by atoms with E-state index in [9.17, 15) is 14.7 Å². The van der Waals surface area contributed by atoms with Gasteiger partial charge in [-0.25, -0.2) is 0 Å². The lowest BCUT2D eigenvalue weighted by molar-refractivity contribution is -0.138. The maximum Gasteiger partial charge on any atom is 0.325 e. The fourth-order valence-corrected chi connectivity index (χ4v) is 6.13. The standard InChI is InChI=1S/C30H39NO5S/c1-7-29(35,8-2)18-36-24-14-13-23(15-19(24)5)30(9-3,10-4)26-17-21-11-12-22(16-25(21)37-26)27(32)31-20(6)28(33)34/h11-17,20,35H,7-10,18H2,1-6H3,(H,31,32)(H,33,34)/t20-/m1/s1. The van der Waals surface area contributed by atoms with E-state index in [0.29, 0.717) is 18.4 Å². The van der Waals surface area contributed by atoms with Crippen molar-refractivity contribution in [3.8, 4) is 5.75 Å². The molecule has 3 aromatic rings. The second kappa shape index (κ2) is 11.7. The van der Waals surface area contributed by atoms with E-state index in [4.69, 9.17) is 9.84 Å². The van der Waals surface area contributed by atoms with Crippen LogP contribution in [0.15, 0.2) is 42.5 Å². The maximum atomic E-state index is 12.6. The molecule has 0 aliphatic heterocycles. The smallest absolute Gasteiger partial charge is 0.325 e. The second-order valence-electron chi connectivity index (χ2n) is 9.89. The van der Waals surface area contributed by atoms with Crippen LogP contribution >= 0.6 is 11.3 Å². The van der Waals surface area contributed by atoms with E-state index in [-0.39, 0.29) is 12.0 Å². The summed E-state index contributed by atoms with van der Waals surface area (Å²) >= 11 is 1.67. The molecule has 3 rings (SSSR count). The van der Waals surface area contributed by atoms with Gasteiger partial charge in [0.25, 0.3) is 5.91 Å². The van der Waals surface area contributed by atoms with Gasteiger partial charge in [0.15, 0.2) is 0 Å². The molecule has 1 aromatic heterocycles. The van der Waals surface area contributed by atoms with Crippen LogP contribution in [0.2, 0.25) is 0 Å².